The zero-order chi connectivity index (χ0) is 11.5. The molecule has 1 fully saturated rings. The Bertz CT molecular complexity index is 374. The van der Waals surface area contributed by atoms with Gasteiger partial charge in [0.25, 0.3) is 0 Å². The third-order valence-corrected chi connectivity index (χ3v) is 3.92. The quantitative estimate of drug-likeness (QED) is 0.878. The van der Waals surface area contributed by atoms with Crippen LogP contribution in [0.2, 0.25) is 0 Å². The van der Waals surface area contributed by atoms with Gasteiger partial charge in [0, 0.05) is 16.8 Å². The van der Waals surface area contributed by atoms with Crippen LogP contribution in [0.15, 0.2) is 29.2 Å². The van der Waals surface area contributed by atoms with Gasteiger partial charge in [-0.2, -0.15) is 0 Å². The number of carboxylic acid groups (broad SMARTS) is 1. The van der Waals surface area contributed by atoms with E-state index < -0.39 is 12.1 Å². The summed E-state index contributed by atoms with van der Waals surface area (Å²) in [5.41, 5.74) is 1.21. The predicted molar refractivity (Wildman–Crippen MR) is 62.8 cm³/mol. The predicted octanol–water partition coefficient (Wildman–Crippen LogP) is 2.33. The molecule has 1 N–H and O–H groups in total. The van der Waals surface area contributed by atoms with Crippen molar-refractivity contribution < 1.29 is 14.6 Å². The van der Waals surface area contributed by atoms with Crippen molar-refractivity contribution in [3.63, 3.8) is 0 Å². The van der Waals surface area contributed by atoms with E-state index in [1.54, 1.807) is 11.8 Å². The normalized spacial score (nSPS) is 24.6. The van der Waals surface area contributed by atoms with Crippen molar-refractivity contribution in [2.75, 3.05) is 6.61 Å². The minimum atomic E-state index is -0.859. The number of hydrogen-bond acceptors (Lipinski definition) is 3. The van der Waals surface area contributed by atoms with Crippen LogP contribution in [-0.2, 0) is 9.53 Å². The zero-order valence-corrected chi connectivity index (χ0v) is 9.87. The fourth-order valence-electron chi connectivity index (χ4n) is 1.71. The summed E-state index contributed by atoms with van der Waals surface area (Å²) >= 11 is 1.59. The molecule has 3 nitrogen and oxygen atoms in total. The number of carbonyl (C=O) groups is 1. The van der Waals surface area contributed by atoms with E-state index in [0.717, 1.165) is 11.3 Å². The highest BCUT2D eigenvalue weighted by Gasteiger charge is 2.34. The monoisotopic (exact) mass is 238 g/mol. The summed E-state index contributed by atoms with van der Waals surface area (Å²) in [6.07, 6.45) is 0.140. The Kier molecular flexibility index (Phi) is 3.51. The maximum atomic E-state index is 10.9. The summed E-state index contributed by atoms with van der Waals surface area (Å²) in [5, 5.41) is 9.00. The summed E-state index contributed by atoms with van der Waals surface area (Å²) in [5.74, 6) is -0.859. The van der Waals surface area contributed by atoms with Crippen LogP contribution in [0.25, 0.3) is 0 Å². The molecule has 0 radical (unpaired) electrons. The fraction of sp³-hybridized carbons (Fsp3) is 0.417. The number of ether oxygens (including phenoxy) is 1. The SMILES string of the molecule is Cc1ccc(S[C@H]2CCO[C@@H]2C(=O)O)cc1. The maximum Gasteiger partial charge on any atom is 0.333 e. The van der Waals surface area contributed by atoms with Crippen LogP contribution >= 0.6 is 11.8 Å². The topological polar surface area (TPSA) is 46.5 Å². The van der Waals surface area contributed by atoms with Crippen LogP contribution in [0.3, 0.4) is 0 Å². The van der Waals surface area contributed by atoms with Crippen LogP contribution < -0.4 is 0 Å². The largest absolute Gasteiger partial charge is 0.479 e. The zero-order valence-electron chi connectivity index (χ0n) is 9.05. The van der Waals surface area contributed by atoms with E-state index in [1.165, 1.54) is 5.56 Å². The molecule has 1 aromatic carbocycles. The number of benzene rings is 1. The maximum absolute atomic E-state index is 10.9. The molecule has 0 aromatic heterocycles. The van der Waals surface area contributed by atoms with Gasteiger partial charge in [0.1, 0.15) is 0 Å². The molecule has 1 aromatic rings. The van der Waals surface area contributed by atoms with Crippen LogP contribution in [0.5, 0.6) is 0 Å². The van der Waals surface area contributed by atoms with E-state index in [9.17, 15) is 4.79 Å². The van der Waals surface area contributed by atoms with E-state index in [-0.39, 0.29) is 5.25 Å². The molecule has 2 atom stereocenters. The van der Waals surface area contributed by atoms with Crippen LogP contribution in [0.4, 0.5) is 0 Å². The Morgan fingerprint density at radius 1 is 1.44 bits per heavy atom. The standard InChI is InChI=1S/C12H14O3S/c1-8-2-4-9(5-3-8)16-10-6-7-15-11(10)12(13)14/h2-5,10-11H,6-7H2,1H3,(H,13,14)/t10-,11-/m0/s1. The molecule has 1 aliphatic heterocycles. The second kappa shape index (κ2) is 4.89. The molecule has 0 unspecified atom stereocenters. The van der Waals surface area contributed by atoms with Gasteiger partial charge in [0.05, 0.1) is 0 Å². The van der Waals surface area contributed by atoms with Gasteiger partial charge in [-0.05, 0) is 25.5 Å². The second-order valence-corrected chi connectivity index (χ2v) is 5.20. The molecule has 16 heavy (non-hydrogen) atoms. The van der Waals surface area contributed by atoms with E-state index in [2.05, 4.69) is 0 Å². The third-order valence-electron chi connectivity index (χ3n) is 2.59. The Labute approximate surface area is 98.8 Å². The average molecular weight is 238 g/mol. The lowest BCUT2D eigenvalue weighted by molar-refractivity contribution is -0.147. The molecule has 1 heterocycles. The average Bonchev–Trinajstić information content (AvgIpc) is 2.69. The van der Waals surface area contributed by atoms with Gasteiger partial charge >= 0.3 is 5.97 Å². The first-order valence-corrected chi connectivity index (χ1v) is 6.12. The van der Waals surface area contributed by atoms with Crippen molar-refractivity contribution >= 4 is 17.7 Å². The Hall–Kier alpha value is -1.00. The Morgan fingerprint density at radius 3 is 2.75 bits per heavy atom. The van der Waals surface area contributed by atoms with Gasteiger partial charge in [0.15, 0.2) is 6.10 Å². The molecule has 0 aliphatic carbocycles. The van der Waals surface area contributed by atoms with E-state index in [1.807, 2.05) is 31.2 Å². The molecule has 86 valence electrons. The number of aliphatic carboxylic acids is 1. The summed E-state index contributed by atoms with van der Waals surface area (Å²) in [4.78, 5) is 12.0. The van der Waals surface area contributed by atoms with E-state index >= 15 is 0 Å². The molecule has 0 bridgehead atoms. The summed E-state index contributed by atoms with van der Waals surface area (Å²) in [6, 6.07) is 8.12. The molecule has 0 spiro atoms. The van der Waals surface area contributed by atoms with Crippen molar-refractivity contribution in [3.05, 3.63) is 29.8 Å². The van der Waals surface area contributed by atoms with Crippen LogP contribution in [-0.4, -0.2) is 29.0 Å². The molecule has 2 rings (SSSR count). The molecule has 0 saturated carbocycles. The molecule has 1 saturated heterocycles. The van der Waals surface area contributed by atoms with Gasteiger partial charge < -0.3 is 9.84 Å². The van der Waals surface area contributed by atoms with Crippen LogP contribution in [0.1, 0.15) is 12.0 Å². The highest BCUT2D eigenvalue weighted by atomic mass is 32.2. The Balaban J connectivity index is 2.03. The number of rotatable bonds is 3. The molecular formula is C12H14O3S. The molecule has 4 heteroatoms. The highest BCUT2D eigenvalue weighted by molar-refractivity contribution is 8.00. The number of carboxylic acids is 1. The van der Waals surface area contributed by atoms with Crippen LogP contribution in [0, 0.1) is 6.92 Å². The van der Waals surface area contributed by atoms with Crippen molar-refractivity contribution in [1.82, 2.24) is 0 Å². The first-order valence-electron chi connectivity index (χ1n) is 5.24. The van der Waals surface area contributed by atoms with Crippen molar-refractivity contribution in [2.45, 2.75) is 29.6 Å². The van der Waals surface area contributed by atoms with Gasteiger partial charge in [0.2, 0.25) is 0 Å². The van der Waals surface area contributed by atoms with Gasteiger partial charge in [-0.1, -0.05) is 17.7 Å². The van der Waals surface area contributed by atoms with Gasteiger partial charge in [-0.3, -0.25) is 0 Å². The number of hydrogen-bond donors (Lipinski definition) is 1. The summed E-state index contributed by atoms with van der Waals surface area (Å²) < 4.78 is 5.20. The lowest BCUT2D eigenvalue weighted by Gasteiger charge is -2.13. The summed E-state index contributed by atoms with van der Waals surface area (Å²) in [6.45, 7) is 2.58. The first kappa shape index (κ1) is 11.5. The van der Waals surface area contributed by atoms with E-state index in [0.29, 0.717) is 6.61 Å². The molecular weight excluding hydrogens is 224 g/mol. The first-order chi connectivity index (χ1) is 7.66. The third kappa shape index (κ3) is 2.57. The molecule has 0 amide bonds. The van der Waals surface area contributed by atoms with Crippen molar-refractivity contribution in [2.24, 2.45) is 0 Å². The fourth-order valence-corrected chi connectivity index (χ4v) is 2.89. The lowest BCUT2D eigenvalue weighted by atomic mass is 10.2. The lowest BCUT2D eigenvalue weighted by Crippen LogP contribution is -2.27. The minimum absolute atomic E-state index is 0.0280. The Morgan fingerprint density at radius 2 is 2.12 bits per heavy atom. The highest BCUT2D eigenvalue weighted by Crippen LogP contribution is 2.32. The summed E-state index contributed by atoms with van der Waals surface area (Å²) in [7, 11) is 0. The van der Waals surface area contributed by atoms with Crippen molar-refractivity contribution in [3.8, 4) is 0 Å². The molecule has 1 aliphatic rings. The van der Waals surface area contributed by atoms with Crippen molar-refractivity contribution in [1.29, 1.82) is 0 Å². The van der Waals surface area contributed by atoms with E-state index in [4.69, 9.17) is 9.84 Å². The number of aryl methyl sites for hydroxylation is 1. The number of thioether (sulfide) groups is 1. The van der Waals surface area contributed by atoms with Gasteiger partial charge in [-0.15, -0.1) is 11.8 Å². The second-order valence-electron chi connectivity index (χ2n) is 3.89. The minimum Gasteiger partial charge on any atom is -0.479 e. The van der Waals surface area contributed by atoms with Gasteiger partial charge in [-0.25, -0.2) is 4.79 Å². The smallest absolute Gasteiger partial charge is 0.333 e.